The van der Waals surface area contributed by atoms with Crippen LogP contribution >= 0.6 is 0 Å². The van der Waals surface area contributed by atoms with Crippen LogP contribution < -0.4 is 0 Å². The topological polar surface area (TPSA) is 18.5 Å². The van der Waals surface area contributed by atoms with Crippen molar-refractivity contribution >= 4 is 0 Å². The number of rotatable bonds is 11. The van der Waals surface area contributed by atoms with Crippen LogP contribution in [0.5, 0.6) is 0 Å². The molecule has 0 aromatic rings. The van der Waals surface area contributed by atoms with Gasteiger partial charge in [-0.3, -0.25) is 0 Å². The van der Waals surface area contributed by atoms with Gasteiger partial charge in [0.2, 0.25) is 0 Å². The number of unbranched alkanes of at least 4 members (excludes halogenated alkanes) is 5. The Morgan fingerprint density at radius 2 is 1.67 bits per heavy atom. The van der Waals surface area contributed by atoms with Gasteiger partial charge in [-0.1, -0.05) is 44.8 Å². The van der Waals surface area contributed by atoms with Crippen LogP contribution in [0, 0.1) is 0 Å². The second-order valence-corrected chi connectivity index (χ2v) is 3.78. The van der Waals surface area contributed by atoms with Gasteiger partial charge in [0.25, 0.3) is 0 Å². The van der Waals surface area contributed by atoms with Gasteiger partial charge >= 0.3 is 0 Å². The molecule has 0 aliphatic rings. The molecule has 0 atom stereocenters. The first-order chi connectivity index (χ1) is 7.41. The molecule has 15 heavy (non-hydrogen) atoms. The number of ether oxygens (including phenoxy) is 2. The molecule has 0 unspecified atom stereocenters. The third-order valence-electron chi connectivity index (χ3n) is 2.27. The van der Waals surface area contributed by atoms with Gasteiger partial charge in [0.1, 0.15) is 6.79 Å². The van der Waals surface area contributed by atoms with E-state index >= 15 is 0 Å². The Labute approximate surface area is 94.7 Å². The molecule has 0 saturated carbocycles. The molecule has 0 aromatic carbocycles. The number of hydrogen-bond donors (Lipinski definition) is 0. The summed E-state index contributed by atoms with van der Waals surface area (Å²) in [7, 11) is 1.64. The average molecular weight is 214 g/mol. The molecule has 0 N–H and O–H groups in total. The molecule has 0 bridgehead atoms. The molecule has 0 rings (SSSR count). The van der Waals surface area contributed by atoms with E-state index in [2.05, 4.69) is 19.1 Å². The lowest BCUT2D eigenvalue weighted by atomic mass is 10.1. The van der Waals surface area contributed by atoms with Crippen LogP contribution in [0.1, 0.15) is 51.9 Å². The molecule has 0 aliphatic heterocycles. The normalized spacial score (nSPS) is 11.3. The molecule has 0 aliphatic carbocycles. The summed E-state index contributed by atoms with van der Waals surface area (Å²) in [6.45, 7) is 3.42. The van der Waals surface area contributed by atoms with Crippen molar-refractivity contribution in [3.05, 3.63) is 12.2 Å². The van der Waals surface area contributed by atoms with E-state index in [4.69, 9.17) is 9.47 Å². The zero-order valence-electron chi connectivity index (χ0n) is 10.3. The minimum absolute atomic E-state index is 0.408. The summed E-state index contributed by atoms with van der Waals surface area (Å²) in [5.41, 5.74) is 0. The Balaban J connectivity index is 2.97. The van der Waals surface area contributed by atoms with Gasteiger partial charge in [-0.05, 0) is 19.3 Å². The molecule has 0 spiro atoms. The van der Waals surface area contributed by atoms with E-state index in [9.17, 15) is 0 Å². The first kappa shape index (κ1) is 14.7. The quantitative estimate of drug-likeness (QED) is 0.295. The van der Waals surface area contributed by atoms with Gasteiger partial charge in [-0.2, -0.15) is 0 Å². The van der Waals surface area contributed by atoms with Crippen molar-refractivity contribution in [3.63, 3.8) is 0 Å². The van der Waals surface area contributed by atoms with E-state index in [0.29, 0.717) is 6.79 Å². The third-order valence-corrected chi connectivity index (χ3v) is 2.27. The van der Waals surface area contributed by atoms with E-state index in [-0.39, 0.29) is 0 Å². The Bertz CT molecular complexity index is 132. The van der Waals surface area contributed by atoms with E-state index in [0.717, 1.165) is 13.0 Å². The Kier molecular flexibility index (Phi) is 13.4. The minimum Gasteiger partial charge on any atom is -0.359 e. The fourth-order valence-electron chi connectivity index (χ4n) is 1.40. The summed E-state index contributed by atoms with van der Waals surface area (Å²) in [5.74, 6) is 0. The van der Waals surface area contributed by atoms with Gasteiger partial charge in [0, 0.05) is 7.11 Å². The number of methoxy groups -OCH3 is 1. The lowest BCUT2D eigenvalue weighted by Crippen LogP contribution is -1.96. The van der Waals surface area contributed by atoms with E-state index in [1.54, 1.807) is 7.11 Å². The molecular formula is C13H26O2. The maximum Gasteiger partial charge on any atom is 0.146 e. The highest BCUT2D eigenvalue weighted by atomic mass is 16.7. The van der Waals surface area contributed by atoms with Crippen LogP contribution in [0.3, 0.4) is 0 Å². The Morgan fingerprint density at radius 3 is 2.40 bits per heavy atom. The molecule has 0 amide bonds. The number of allylic oxidation sites excluding steroid dienone is 1. The predicted molar refractivity (Wildman–Crippen MR) is 65.0 cm³/mol. The maximum absolute atomic E-state index is 5.17. The van der Waals surface area contributed by atoms with Crippen molar-refractivity contribution in [2.75, 3.05) is 20.5 Å². The zero-order chi connectivity index (χ0) is 11.2. The standard InChI is InChI=1S/C13H26O2/c1-3-4-5-6-7-8-9-10-11-12-15-13-14-2/h9-10H,3-8,11-13H2,1-2H3/b10-9+. The van der Waals surface area contributed by atoms with Gasteiger partial charge < -0.3 is 9.47 Å². The lowest BCUT2D eigenvalue weighted by Gasteiger charge is -1.99. The summed E-state index contributed by atoms with van der Waals surface area (Å²) < 4.78 is 9.95. The summed E-state index contributed by atoms with van der Waals surface area (Å²) in [5, 5.41) is 0. The van der Waals surface area contributed by atoms with Crippen LogP contribution in [0.25, 0.3) is 0 Å². The fraction of sp³-hybridized carbons (Fsp3) is 0.846. The minimum atomic E-state index is 0.408. The molecule has 0 heterocycles. The largest absolute Gasteiger partial charge is 0.359 e. The monoisotopic (exact) mass is 214 g/mol. The second-order valence-electron chi connectivity index (χ2n) is 3.78. The molecule has 0 fully saturated rings. The van der Waals surface area contributed by atoms with Gasteiger partial charge in [-0.25, -0.2) is 0 Å². The lowest BCUT2D eigenvalue weighted by molar-refractivity contribution is -0.0285. The van der Waals surface area contributed by atoms with Crippen LogP contribution in [-0.4, -0.2) is 20.5 Å². The highest BCUT2D eigenvalue weighted by Crippen LogP contribution is 2.05. The predicted octanol–water partition coefficient (Wildman–Crippen LogP) is 3.91. The first-order valence-corrected chi connectivity index (χ1v) is 6.13. The fourth-order valence-corrected chi connectivity index (χ4v) is 1.40. The number of hydrogen-bond acceptors (Lipinski definition) is 2. The molecule has 90 valence electrons. The zero-order valence-corrected chi connectivity index (χ0v) is 10.3. The van der Waals surface area contributed by atoms with Crippen LogP contribution in [0.4, 0.5) is 0 Å². The van der Waals surface area contributed by atoms with Gasteiger partial charge in [0.05, 0.1) is 6.61 Å². The first-order valence-electron chi connectivity index (χ1n) is 6.13. The summed E-state index contributed by atoms with van der Waals surface area (Å²) in [4.78, 5) is 0. The molecule has 0 saturated heterocycles. The van der Waals surface area contributed by atoms with Gasteiger partial charge in [-0.15, -0.1) is 0 Å². The molecule has 0 radical (unpaired) electrons. The second kappa shape index (κ2) is 13.7. The average Bonchev–Trinajstić information content (AvgIpc) is 2.26. The summed E-state index contributed by atoms with van der Waals surface area (Å²) in [6, 6.07) is 0. The molecule has 0 aromatic heterocycles. The molecular weight excluding hydrogens is 188 g/mol. The Hall–Kier alpha value is -0.340. The van der Waals surface area contributed by atoms with Crippen molar-refractivity contribution < 1.29 is 9.47 Å². The van der Waals surface area contributed by atoms with E-state index < -0.39 is 0 Å². The van der Waals surface area contributed by atoms with Crippen LogP contribution in [-0.2, 0) is 9.47 Å². The molecule has 2 nitrogen and oxygen atoms in total. The summed E-state index contributed by atoms with van der Waals surface area (Å²) >= 11 is 0. The third kappa shape index (κ3) is 13.7. The highest BCUT2D eigenvalue weighted by Gasteiger charge is 1.86. The smallest absolute Gasteiger partial charge is 0.146 e. The van der Waals surface area contributed by atoms with Crippen LogP contribution in [0.2, 0.25) is 0 Å². The van der Waals surface area contributed by atoms with Crippen molar-refractivity contribution in [2.24, 2.45) is 0 Å². The van der Waals surface area contributed by atoms with Crippen molar-refractivity contribution in [2.45, 2.75) is 51.9 Å². The SMILES string of the molecule is CCCCCCC/C=C/CCOCOC. The van der Waals surface area contributed by atoms with Crippen molar-refractivity contribution in [1.29, 1.82) is 0 Å². The Morgan fingerprint density at radius 1 is 0.933 bits per heavy atom. The maximum atomic E-state index is 5.17. The highest BCUT2D eigenvalue weighted by molar-refractivity contribution is 4.81. The van der Waals surface area contributed by atoms with Crippen molar-refractivity contribution in [1.82, 2.24) is 0 Å². The van der Waals surface area contributed by atoms with Gasteiger partial charge in [0.15, 0.2) is 0 Å². The van der Waals surface area contributed by atoms with E-state index in [1.807, 2.05) is 0 Å². The molecule has 2 heteroatoms. The van der Waals surface area contributed by atoms with Crippen molar-refractivity contribution in [3.8, 4) is 0 Å². The van der Waals surface area contributed by atoms with E-state index in [1.165, 1.54) is 38.5 Å². The summed E-state index contributed by atoms with van der Waals surface area (Å²) in [6.07, 6.45) is 13.5. The van der Waals surface area contributed by atoms with Crippen LogP contribution in [0.15, 0.2) is 12.2 Å².